The van der Waals surface area contributed by atoms with Gasteiger partial charge in [0.15, 0.2) is 9.84 Å². The van der Waals surface area contributed by atoms with Gasteiger partial charge >= 0.3 is 0 Å². The second kappa shape index (κ2) is 5.45. The standard InChI is InChI=1S/C10H12BrNO3S/c1-2-16(14,15)7-10(12-13)8-3-5-9(11)6-4-8/h3-6,13H,2,7H2,1H3. The van der Waals surface area contributed by atoms with Crippen molar-refractivity contribution >= 4 is 31.5 Å². The average molecular weight is 306 g/mol. The first-order valence-electron chi connectivity index (χ1n) is 4.66. The van der Waals surface area contributed by atoms with Gasteiger partial charge in [-0.05, 0) is 12.1 Å². The summed E-state index contributed by atoms with van der Waals surface area (Å²) in [6.07, 6.45) is 0. The number of halogens is 1. The molecule has 0 atom stereocenters. The fourth-order valence-corrected chi connectivity index (χ4v) is 2.23. The molecule has 0 heterocycles. The van der Waals surface area contributed by atoms with Crippen molar-refractivity contribution in [1.82, 2.24) is 0 Å². The number of nitrogens with zero attached hydrogens (tertiary/aromatic N) is 1. The molecule has 1 aromatic carbocycles. The Morgan fingerprint density at radius 2 is 1.94 bits per heavy atom. The number of benzene rings is 1. The molecule has 0 amide bonds. The third-order valence-corrected chi connectivity index (χ3v) is 4.22. The molecule has 0 bridgehead atoms. The highest BCUT2D eigenvalue weighted by molar-refractivity contribution is 9.10. The lowest BCUT2D eigenvalue weighted by Gasteiger charge is -2.04. The van der Waals surface area contributed by atoms with Crippen molar-refractivity contribution in [2.75, 3.05) is 11.5 Å². The lowest BCUT2D eigenvalue weighted by molar-refractivity contribution is 0.319. The molecule has 0 saturated carbocycles. The quantitative estimate of drug-likeness (QED) is 0.526. The van der Waals surface area contributed by atoms with E-state index in [0.29, 0.717) is 5.56 Å². The Labute approximate surface area is 103 Å². The smallest absolute Gasteiger partial charge is 0.155 e. The zero-order valence-electron chi connectivity index (χ0n) is 8.72. The number of hydrogen-bond donors (Lipinski definition) is 1. The minimum absolute atomic E-state index is 0.0303. The Kier molecular flexibility index (Phi) is 4.49. The van der Waals surface area contributed by atoms with Crippen molar-refractivity contribution in [3.8, 4) is 0 Å². The maximum atomic E-state index is 11.4. The summed E-state index contributed by atoms with van der Waals surface area (Å²) in [6.45, 7) is 1.56. The summed E-state index contributed by atoms with van der Waals surface area (Å²) in [5.41, 5.74) is 0.761. The van der Waals surface area contributed by atoms with Crippen LogP contribution in [0.5, 0.6) is 0 Å². The first kappa shape index (κ1) is 13.2. The summed E-state index contributed by atoms with van der Waals surface area (Å²) in [6, 6.07) is 6.92. The van der Waals surface area contributed by atoms with Gasteiger partial charge in [0.2, 0.25) is 0 Å². The molecule has 1 aromatic rings. The van der Waals surface area contributed by atoms with E-state index in [1.54, 1.807) is 31.2 Å². The van der Waals surface area contributed by atoms with Gasteiger partial charge < -0.3 is 5.21 Å². The first-order valence-corrected chi connectivity index (χ1v) is 7.27. The molecule has 0 unspecified atom stereocenters. The molecule has 1 N–H and O–H groups in total. The minimum atomic E-state index is -3.19. The van der Waals surface area contributed by atoms with Crippen molar-refractivity contribution in [3.05, 3.63) is 34.3 Å². The second-order valence-corrected chi connectivity index (χ2v) is 6.50. The van der Waals surface area contributed by atoms with Crippen LogP contribution in [0.1, 0.15) is 12.5 Å². The first-order chi connectivity index (χ1) is 7.48. The predicted molar refractivity (Wildman–Crippen MR) is 66.8 cm³/mol. The molecule has 0 aliphatic carbocycles. The van der Waals surface area contributed by atoms with Crippen LogP contribution in [0.3, 0.4) is 0 Å². The van der Waals surface area contributed by atoms with Crippen molar-refractivity contribution < 1.29 is 13.6 Å². The highest BCUT2D eigenvalue weighted by atomic mass is 79.9. The van der Waals surface area contributed by atoms with Gasteiger partial charge in [0.05, 0.1) is 5.75 Å². The Balaban J connectivity index is 2.97. The molecule has 0 fully saturated rings. The number of oxime groups is 1. The van der Waals surface area contributed by atoms with E-state index in [1.807, 2.05) is 0 Å². The summed E-state index contributed by atoms with van der Waals surface area (Å²) < 4.78 is 23.7. The van der Waals surface area contributed by atoms with Crippen LogP contribution >= 0.6 is 15.9 Å². The zero-order valence-corrected chi connectivity index (χ0v) is 11.1. The van der Waals surface area contributed by atoms with E-state index in [0.717, 1.165) is 4.47 Å². The lowest BCUT2D eigenvalue weighted by Crippen LogP contribution is -2.18. The SMILES string of the molecule is CCS(=O)(=O)CC(=NO)c1ccc(Br)cc1. The molecule has 16 heavy (non-hydrogen) atoms. The van der Waals surface area contributed by atoms with Crippen LogP contribution in [0, 0.1) is 0 Å². The largest absolute Gasteiger partial charge is 0.411 e. The molecule has 1 rings (SSSR count). The third kappa shape index (κ3) is 3.61. The molecule has 0 aromatic heterocycles. The highest BCUT2D eigenvalue weighted by Gasteiger charge is 2.14. The summed E-state index contributed by atoms with van der Waals surface area (Å²) in [7, 11) is -3.19. The van der Waals surface area contributed by atoms with Crippen LogP contribution in [-0.2, 0) is 9.84 Å². The van der Waals surface area contributed by atoms with Gasteiger partial charge in [0.1, 0.15) is 5.71 Å². The topological polar surface area (TPSA) is 66.7 Å². The molecule has 0 radical (unpaired) electrons. The number of hydrogen-bond acceptors (Lipinski definition) is 4. The molecule has 6 heteroatoms. The monoisotopic (exact) mass is 305 g/mol. The summed E-state index contributed by atoms with van der Waals surface area (Å²) in [4.78, 5) is 0. The van der Waals surface area contributed by atoms with Gasteiger partial charge in [-0.1, -0.05) is 40.1 Å². The number of sulfone groups is 1. The molecule has 88 valence electrons. The van der Waals surface area contributed by atoms with E-state index in [9.17, 15) is 8.42 Å². The van der Waals surface area contributed by atoms with Crippen LogP contribution in [0.4, 0.5) is 0 Å². The summed E-state index contributed by atoms with van der Waals surface area (Å²) in [5, 5.41) is 11.9. The predicted octanol–water partition coefficient (Wildman–Crippen LogP) is 2.06. The molecular weight excluding hydrogens is 294 g/mol. The van der Waals surface area contributed by atoms with Gasteiger partial charge in [0.25, 0.3) is 0 Å². The average Bonchev–Trinajstić information content (AvgIpc) is 2.27. The van der Waals surface area contributed by atoms with E-state index < -0.39 is 9.84 Å². The van der Waals surface area contributed by atoms with Crippen LogP contribution in [-0.4, -0.2) is 30.8 Å². The minimum Gasteiger partial charge on any atom is -0.411 e. The van der Waals surface area contributed by atoms with Crippen LogP contribution in [0.25, 0.3) is 0 Å². The molecule has 0 spiro atoms. The fourth-order valence-electron chi connectivity index (χ4n) is 1.12. The van der Waals surface area contributed by atoms with Crippen molar-refractivity contribution in [1.29, 1.82) is 0 Å². The van der Waals surface area contributed by atoms with Gasteiger partial charge in [-0.25, -0.2) is 8.42 Å². The van der Waals surface area contributed by atoms with Gasteiger partial charge in [-0.3, -0.25) is 0 Å². The Bertz CT molecular complexity index is 479. The summed E-state index contributed by atoms with van der Waals surface area (Å²) >= 11 is 3.27. The van der Waals surface area contributed by atoms with E-state index in [2.05, 4.69) is 21.1 Å². The Hall–Kier alpha value is -0.880. The van der Waals surface area contributed by atoms with E-state index in [4.69, 9.17) is 5.21 Å². The molecule has 0 saturated heterocycles. The summed E-state index contributed by atoms with van der Waals surface area (Å²) in [5.74, 6) is -0.218. The van der Waals surface area contributed by atoms with Crippen LogP contribution in [0.15, 0.2) is 33.9 Å². The molecule has 0 aliphatic heterocycles. The fraction of sp³-hybridized carbons (Fsp3) is 0.300. The van der Waals surface area contributed by atoms with Crippen molar-refractivity contribution in [2.45, 2.75) is 6.92 Å². The van der Waals surface area contributed by atoms with Gasteiger partial charge in [0, 0.05) is 15.8 Å². The van der Waals surface area contributed by atoms with E-state index in [1.165, 1.54) is 0 Å². The van der Waals surface area contributed by atoms with Crippen molar-refractivity contribution in [3.63, 3.8) is 0 Å². The van der Waals surface area contributed by atoms with Gasteiger partial charge in [-0.15, -0.1) is 0 Å². The molecule has 0 aliphatic rings. The second-order valence-electron chi connectivity index (χ2n) is 3.23. The van der Waals surface area contributed by atoms with E-state index >= 15 is 0 Å². The normalized spacial score (nSPS) is 12.8. The molecular formula is C10H12BrNO3S. The van der Waals surface area contributed by atoms with Crippen LogP contribution < -0.4 is 0 Å². The Morgan fingerprint density at radius 1 is 1.38 bits per heavy atom. The lowest BCUT2D eigenvalue weighted by atomic mass is 10.1. The maximum absolute atomic E-state index is 11.4. The number of rotatable bonds is 4. The highest BCUT2D eigenvalue weighted by Crippen LogP contribution is 2.12. The van der Waals surface area contributed by atoms with Crippen LogP contribution in [0.2, 0.25) is 0 Å². The van der Waals surface area contributed by atoms with Crippen molar-refractivity contribution in [2.24, 2.45) is 5.16 Å². The van der Waals surface area contributed by atoms with Gasteiger partial charge in [-0.2, -0.15) is 0 Å². The maximum Gasteiger partial charge on any atom is 0.155 e. The van der Waals surface area contributed by atoms with E-state index in [-0.39, 0.29) is 17.2 Å². The zero-order chi connectivity index (χ0) is 12.2. The molecule has 4 nitrogen and oxygen atoms in total. The Morgan fingerprint density at radius 3 is 2.38 bits per heavy atom. The third-order valence-electron chi connectivity index (χ3n) is 2.09.